The third-order valence-electron chi connectivity index (χ3n) is 4.55. The number of hydrogen-bond acceptors (Lipinski definition) is 2. The van der Waals surface area contributed by atoms with Crippen LogP contribution >= 0.6 is 15.9 Å². The molecule has 2 atom stereocenters. The van der Waals surface area contributed by atoms with E-state index in [4.69, 9.17) is 0 Å². The van der Waals surface area contributed by atoms with Gasteiger partial charge in [-0.2, -0.15) is 0 Å². The van der Waals surface area contributed by atoms with Crippen LogP contribution in [0.3, 0.4) is 0 Å². The van der Waals surface area contributed by atoms with E-state index < -0.39 is 0 Å². The maximum Gasteiger partial charge on any atom is 0.0385 e. The molecule has 2 fully saturated rings. The van der Waals surface area contributed by atoms with E-state index in [-0.39, 0.29) is 0 Å². The number of hydrogen-bond donors (Lipinski definition) is 1. The van der Waals surface area contributed by atoms with Gasteiger partial charge in [-0.1, -0.05) is 22.9 Å². The maximum absolute atomic E-state index is 3.64. The Morgan fingerprint density at radius 3 is 2.47 bits per heavy atom. The molecule has 3 heteroatoms. The summed E-state index contributed by atoms with van der Waals surface area (Å²) in [7, 11) is 0. The maximum atomic E-state index is 3.64. The van der Waals surface area contributed by atoms with Crippen molar-refractivity contribution in [1.82, 2.24) is 5.32 Å². The van der Waals surface area contributed by atoms with Crippen molar-refractivity contribution in [3.63, 3.8) is 0 Å². The van der Waals surface area contributed by atoms with Crippen molar-refractivity contribution >= 4 is 21.6 Å². The molecule has 2 heterocycles. The van der Waals surface area contributed by atoms with Crippen molar-refractivity contribution in [2.45, 2.75) is 57.7 Å². The molecule has 0 saturated carbocycles. The lowest BCUT2D eigenvalue weighted by molar-refractivity contribution is 0.361. The van der Waals surface area contributed by atoms with Gasteiger partial charge >= 0.3 is 0 Å². The van der Waals surface area contributed by atoms with E-state index in [1.807, 2.05) is 0 Å². The van der Waals surface area contributed by atoms with Gasteiger partial charge in [-0.05, 0) is 62.9 Å². The standard InChI is InChI=1S/C16H23BrN2/c1-3-18-13-9-14-4-5-15(10-13)19(14)16-7-11(2)6-12(17)8-16/h6-8,13-15,18H,3-5,9-10H2,1-2H3. The van der Waals surface area contributed by atoms with E-state index in [9.17, 15) is 0 Å². The first-order chi connectivity index (χ1) is 9.17. The van der Waals surface area contributed by atoms with Crippen LogP contribution in [-0.2, 0) is 0 Å². The molecule has 2 aliphatic heterocycles. The summed E-state index contributed by atoms with van der Waals surface area (Å²) in [6.07, 6.45) is 5.32. The monoisotopic (exact) mass is 322 g/mol. The second-order valence-corrected chi connectivity index (χ2v) is 6.92. The summed E-state index contributed by atoms with van der Waals surface area (Å²) < 4.78 is 1.20. The minimum atomic E-state index is 0.729. The number of anilines is 1. The largest absolute Gasteiger partial charge is 0.365 e. The van der Waals surface area contributed by atoms with Crippen LogP contribution in [0.5, 0.6) is 0 Å². The van der Waals surface area contributed by atoms with Crippen LogP contribution in [-0.4, -0.2) is 24.7 Å². The van der Waals surface area contributed by atoms with E-state index >= 15 is 0 Å². The molecule has 2 bridgehead atoms. The zero-order valence-electron chi connectivity index (χ0n) is 11.8. The Morgan fingerprint density at radius 2 is 1.89 bits per heavy atom. The van der Waals surface area contributed by atoms with Crippen LogP contribution in [0.1, 0.15) is 38.2 Å². The minimum Gasteiger partial charge on any atom is -0.365 e. The van der Waals surface area contributed by atoms with Crippen molar-refractivity contribution < 1.29 is 0 Å². The van der Waals surface area contributed by atoms with Gasteiger partial charge in [-0.3, -0.25) is 0 Å². The molecule has 2 saturated heterocycles. The Labute approximate surface area is 124 Å². The third-order valence-corrected chi connectivity index (χ3v) is 5.01. The summed E-state index contributed by atoms with van der Waals surface area (Å²) in [5, 5.41) is 3.64. The number of benzene rings is 1. The molecule has 0 aliphatic carbocycles. The molecule has 2 nitrogen and oxygen atoms in total. The molecule has 104 valence electrons. The fourth-order valence-electron chi connectivity index (χ4n) is 3.92. The lowest BCUT2D eigenvalue weighted by Crippen LogP contribution is -2.49. The lowest BCUT2D eigenvalue weighted by atomic mass is 9.96. The molecule has 3 rings (SSSR count). The van der Waals surface area contributed by atoms with Crippen molar-refractivity contribution in [1.29, 1.82) is 0 Å². The van der Waals surface area contributed by atoms with Crippen LogP contribution in [0.2, 0.25) is 0 Å². The molecule has 2 aliphatic rings. The topological polar surface area (TPSA) is 15.3 Å². The smallest absolute Gasteiger partial charge is 0.0385 e. The summed E-state index contributed by atoms with van der Waals surface area (Å²) in [5.41, 5.74) is 2.76. The van der Waals surface area contributed by atoms with Gasteiger partial charge in [0.1, 0.15) is 0 Å². The van der Waals surface area contributed by atoms with Crippen LogP contribution in [0.4, 0.5) is 5.69 Å². The van der Waals surface area contributed by atoms with E-state index in [1.165, 1.54) is 41.4 Å². The molecule has 0 spiro atoms. The molecule has 0 aromatic heterocycles. The van der Waals surface area contributed by atoms with Gasteiger partial charge in [-0.25, -0.2) is 0 Å². The Balaban J connectivity index is 1.83. The molecular formula is C16H23BrN2. The lowest BCUT2D eigenvalue weighted by Gasteiger charge is -2.41. The summed E-state index contributed by atoms with van der Waals surface area (Å²) in [5.74, 6) is 0. The first kappa shape index (κ1) is 13.4. The number of piperidine rings is 1. The Hall–Kier alpha value is -0.540. The highest BCUT2D eigenvalue weighted by atomic mass is 79.9. The number of fused-ring (bicyclic) bond motifs is 2. The van der Waals surface area contributed by atoms with Crippen LogP contribution in [0.25, 0.3) is 0 Å². The van der Waals surface area contributed by atoms with Crippen molar-refractivity contribution in [2.75, 3.05) is 11.4 Å². The van der Waals surface area contributed by atoms with Crippen molar-refractivity contribution in [3.05, 3.63) is 28.2 Å². The van der Waals surface area contributed by atoms with Gasteiger partial charge in [0, 0.05) is 28.3 Å². The van der Waals surface area contributed by atoms with Crippen LogP contribution < -0.4 is 10.2 Å². The Morgan fingerprint density at radius 1 is 1.21 bits per heavy atom. The van der Waals surface area contributed by atoms with Gasteiger partial charge in [-0.15, -0.1) is 0 Å². The number of aryl methyl sites for hydroxylation is 1. The van der Waals surface area contributed by atoms with Crippen LogP contribution in [0, 0.1) is 6.92 Å². The first-order valence-electron chi connectivity index (χ1n) is 7.46. The highest BCUT2D eigenvalue weighted by molar-refractivity contribution is 9.10. The summed E-state index contributed by atoms with van der Waals surface area (Å²) in [6, 6.07) is 9.01. The number of rotatable bonds is 3. The highest BCUT2D eigenvalue weighted by Crippen LogP contribution is 2.40. The molecule has 0 amide bonds. The van der Waals surface area contributed by atoms with E-state index in [0.29, 0.717) is 0 Å². The van der Waals surface area contributed by atoms with Crippen LogP contribution in [0.15, 0.2) is 22.7 Å². The normalized spacial score (nSPS) is 29.8. The quantitative estimate of drug-likeness (QED) is 0.908. The fraction of sp³-hybridized carbons (Fsp3) is 0.625. The number of nitrogens with zero attached hydrogens (tertiary/aromatic N) is 1. The van der Waals surface area contributed by atoms with E-state index in [2.05, 4.69) is 58.2 Å². The Kier molecular flexibility index (Phi) is 3.86. The SMILES string of the molecule is CCNC1CC2CCC(C1)N2c1cc(C)cc(Br)c1. The van der Waals surface area contributed by atoms with Crippen molar-refractivity contribution in [2.24, 2.45) is 0 Å². The molecule has 2 unspecified atom stereocenters. The average Bonchev–Trinajstić information content (AvgIpc) is 2.60. The summed E-state index contributed by atoms with van der Waals surface area (Å²) in [4.78, 5) is 2.69. The zero-order valence-corrected chi connectivity index (χ0v) is 13.4. The predicted molar refractivity (Wildman–Crippen MR) is 84.9 cm³/mol. The molecule has 1 N–H and O–H groups in total. The third kappa shape index (κ3) is 2.68. The molecule has 1 aromatic rings. The fourth-order valence-corrected chi connectivity index (χ4v) is 4.52. The number of nitrogens with one attached hydrogen (secondary N) is 1. The Bertz CT molecular complexity index is 426. The average molecular weight is 323 g/mol. The first-order valence-corrected chi connectivity index (χ1v) is 8.25. The van der Waals surface area contributed by atoms with Gasteiger partial charge in [0.2, 0.25) is 0 Å². The highest BCUT2D eigenvalue weighted by Gasteiger charge is 2.40. The molecule has 1 aromatic carbocycles. The predicted octanol–water partition coefficient (Wildman–Crippen LogP) is 3.87. The summed E-state index contributed by atoms with van der Waals surface area (Å²) >= 11 is 3.64. The van der Waals surface area contributed by atoms with Gasteiger partial charge in [0.15, 0.2) is 0 Å². The molecular weight excluding hydrogens is 300 g/mol. The van der Waals surface area contributed by atoms with E-state index in [1.54, 1.807) is 0 Å². The van der Waals surface area contributed by atoms with Gasteiger partial charge in [0.05, 0.1) is 0 Å². The minimum absolute atomic E-state index is 0.729. The summed E-state index contributed by atoms with van der Waals surface area (Å²) in [6.45, 7) is 5.49. The molecule has 19 heavy (non-hydrogen) atoms. The van der Waals surface area contributed by atoms with Gasteiger partial charge in [0.25, 0.3) is 0 Å². The van der Waals surface area contributed by atoms with Gasteiger partial charge < -0.3 is 10.2 Å². The molecule has 0 radical (unpaired) electrons. The van der Waals surface area contributed by atoms with E-state index in [0.717, 1.165) is 24.7 Å². The second-order valence-electron chi connectivity index (χ2n) is 6.01. The second kappa shape index (κ2) is 5.45. The van der Waals surface area contributed by atoms with Crippen molar-refractivity contribution in [3.8, 4) is 0 Å². The zero-order chi connectivity index (χ0) is 13.4. The number of halogens is 1.